The summed E-state index contributed by atoms with van der Waals surface area (Å²) in [6.07, 6.45) is 1.11. The van der Waals surface area contributed by atoms with Gasteiger partial charge in [0.1, 0.15) is 11.6 Å². The normalized spacial score (nSPS) is 12.1. The second-order valence-electron chi connectivity index (χ2n) is 4.48. The van der Waals surface area contributed by atoms with Crippen LogP contribution in [0.2, 0.25) is 0 Å². The summed E-state index contributed by atoms with van der Waals surface area (Å²) in [6, 6.07) is 0. The van der Waals surface area contributed by atoms with E-state index in [4.69, 9.17) is 0 Å². The molecule has 0 saturated carbocycles. The average molecular weight is 260 g/mol. The summed E-state index contributed by atoms with van der Waals surface area (Å²) in [6.45, 7) is 9.68. The summed E-state index contributed by atoms with van der Waals surface area (Å²) >= 11 is 3.44. The Kier molecular flexibility index (Phi) is 3.70. The molecule has 0 saturated heterocycles. The van der Waals surface area contributed by atoms with Crippen LogP contribution in [0.25, 0.3) is 0 Å². The van der Waals surface area contributed by atoms with Gasteiger partial charge in [0.25, 0.3) is 0 Å². The molecule has 0 aliphatic heterocycles. The Labute approximate surface area is 94.0 Å². The highest BCUT2D eigenvalue weighted by atomic mass is 79.9. The SMILES string of the molecule is CCCn1c(CBr)nnc1C(C)(C)C. The Morgan fingerprint density at radius 2 is 1.93 bits per heavy atom. The minimum absolute atomic E-state index is 0.0720. The van der Waals surface area contributed by atoms with Crippen LogP contribution >= 0.6 is 15.9 Å². The van der Waals surface area contributed by atoms with E-state index >= 15 is 0 Å². The molecule has 80 valence electrons. The lowest BCUT2D eigenvalue weighted by Crippen LogP contribution is -2.20. The van der Waals surface area contributed by atoms with Gasteiger partial charge in [-0.1, -0.05) is 43.6 Å². The van der Waals surface area contributed by atoms with Crippen LogP contribution in [-0.2, 0) is 17.3 Å². The molecule has 0 radical (unpaired) electrons. The van der Waals surface area contributed by atoms with Crippen LogP contribution < -0.4 is 0 Å². The minimum atomic E-state index is 0.0720. The summed E-state index contributed by atoms with van der Waals surface area (Å²) in [5, 5.41) is 9.22. The molecule has 0 aliphatic carbocycles. The maximum Gasteiger partial charge on any atom is 0.143 e. The highest BCUT2D eigenvalue weighted by molar-refractivity contribution is 9.08. The quantitative estimate of drug-likeness (QED) is 0.782. The molecule has 0 spiro atoms. The minimum Gasteiger partial charge on any atom is -0.314 e. The molecule has 0 aromatic carbocycles. The topological polar surface area (TPSA) is 30.7 Å². The van der Waals surface area contributed by atoms with E-state index < -0.39 is 0 Å². The van der Waals surface area contributed by atoms with Crippen molar-refractivity contribution in [1.29, 1.82) is 0 Å². The lowest BCUT2D eigenvalue weighted by atomic mass is 9.95. The summed E-state index contributed by atoms with van der Waals surface area (Å²) in [5.74, 6) is 2.10. The molecule has 14 heavy (non-hydrogen) atoms. The molecule has 0 N–H and O–H groups in total. The zero-order chi connectivity index (χ0) is 10.8. The Morgan fingerprint density at radius 3 is 2.36 bits per heavy atom. The molecule has 0 bridgehead atoms. The number of alkyl halides is 1. The van der Waals surface area contributed by atoms with Crippen LogP contribution in [-0.4, -0.2) is 14.8 Å². The Hall–Kier alpha value is -0.380. The van der Waals surface area contributed by atoms with Crippen LogP contribution in [0.3, 0.4) is 0 Å². The molecule has 0 fully saturated rings. The summed E-state index contributed by atoms with van der Waals surface area (Å²) in [4.78, 5) is 0. The van der Waals surface area contributed by atoms with Gasteiger partial charge in [0, 0.05) is 12.0 Å². The average Bonchev–Trinajstić information content (AvgIpc) is 2.47. The number of aromatic nitrogens is 3. The molecule has 1 aromatic rings. The monoisotopic (exact) mass is 259 g/mol. The standard InChI is InChI=1S/C10H18BrN3/c1-5-6-14-8(7-11)12-13-9(14)10(2,3)4/h5-7H2,1-4H3. The zero-order valence-corrected chi connectivity index (χ0v) is 10.9. The van der Waals surface area contributed by atoms with E-state index in [0.717, 1.165) is 29.9 Å². The van der Waals surface area contributed by atoms with Crippen LogP contribution in [0.15, 0.2) is 0 Å². The van der Waals surface area contributed by atoms with Crippen molar-refractivity contribution in [3.63, 3.8) is 0 Å². The van der Waals surface area contributed by atoms with Gasteiger partial charge in [0.2, 0.25) is 0 Å². The van der Waals surface area contributed by atoms with Crippen molar-refractivity contribution in [2.45, 2.75) is 51.4 Å². The fourth-order valence-corrected chi connectivity index (χ4v) is 1.86. The first kappa shape index (κ1) is 11.7. The van der Waals surface area contributed by atoms with Crippen molar-refractivity contribution in [1.82, 2.24) is 14.8 Å². The fraction of sp³-hybridized carbons (Fsp3) is 0.800. The van der Waals surface area contributed by atoms with Gasteiger partial charge in [0.05, 0.1) is 5.33 Å². The van der Waals surface area contributed by atoms with Gasteiger partial charge in [-0.2, -0.15) is 0 Å². The van der Waals surface area contributed by atoms with E-state index in [-0.39, 0.29) is 5.41 Å². The van der Waals surface area contributed by atoms with Crippen molar-refractivity contribution < 1.29 is 0 Å². The highest BCUT2D eigenvalue weighted by Gasteiger charge is 2.22. The number of hydrogen-bond acceptors (Lipinski definition) is 2. The van der Waals surface area contributed by atoms with Crippen molar-refractivity contribution in [3.8, 4) is 0 Å². The Bertz CT molecular complexity index is 299. The van der Waals surface area contributed by atoms with Crippen molar-refractivity contribution >= 4 is 15.9 Å². The number of halogens is 1. The molecular formula is C10H18BrN3. The van der Waals surface area contributed by atoms with E-state index in [1.807, 2.05) is 0 Å². The van der Waals surface area contributed by atoms with Gasteiger partial charge in [-0.15, -0.1) is 10.2 Å². The maximum absolute atomic E-state index is 4.26. The van der Waals surface area contributed by atoms with Crippen molar-refractivity contribution in [3.05, 3.63) is 11.6 Å². The van der Waals surface area contributed by atoms with Gasteiger partial charge in [0.15, 0.2) is 0 Å². The first-order valence-electron chi connectivity index (χ1n) is 4.99. The molecule has 3 nitrogen and oxygen atoms in total. The van der Waals surface area contributed by atoms with Crippen LogP contribution in [0.5, 0.6) is 0 Å². The molecular weight excluding hydrogens is 242 g/mol. The van der Waals surface area contributed by atoms with Crippen molar-refractivity contribution in [2.24, 2.45) is 0 Å². The third-order valence-corrected chi connectivity index (χ3v) is 2.57. The second-order valence-corrected chi connectivity index (χ2v) is 5.04. The van der Waals surface area contributed by atoms with Gasteiger partial charge in [-0.25, -0.2) is 0 Å². The second kappa shape index (κ2) is 4.43. The lowest BCUT2D eigenvalue weighted by Gasteiger charge is -2.19. The van der Waals surface area contributed by atoms with E-state index in [1.165, 1.54) is 0 Å². The summed E-state index contributed by atoms with van der Waals surface area (Å²) < 4.78 is 2.22. The molecule has 0 atom stereocenters. The Morgan fingerprint density at radius 1 is 1.29 bits per heavy atom. The first-order valence-corrected chi connectivity index (χ1v) is 6.11. The number of rotatable bonds is 3. The molecule has 1 aromatic heterocycles. The fourth-order valence-electron chi connectivity index (χ4n) is 1.45. The third-order valence-electron chi connectivity index (χ3n) is 2.06. The number of hydrogen-bond donors (Lipinski definition) is 0. The largest absolute Gasteiger partial charge is 0.314 e. The first-order chi connectivity index (χ1) is 6.50. The van der Waals surface area contributed by atoms with E-state index in [2.05, 4.69) is 58.4 Å². The molecule has 1 heterocycles. The van der Waals surface area contributed by atoms with Gasteiger partial charge >= 0.3 is 0 Å². The molecule has 1 rings (SSSR count). The number of nitrogens with zero attached hydrogens (tertiary/aromatic N) is 3. The predicted molar refractivity (Wildman–Crippen MR) is 61.6 cm³/mol. The van der Waals surface area contributed by atoms with Crippen LogP contribution in [0.1, 0.15) is 45.8 Å². The Balaban J connectivity index is 3.10. The summed E-state index contributed by atoms with van der Waals surface area (Å²) in [5.41, 5.74) is 0.0720. The van der Waals surface area contributed by atoms with Gasteiger partial charge in [-0.3, -0.25) is 0 Å². The van der Waals surface area contributed by atoms with Gasteiger partial charge < -0.3 is 4.57 Å². The predicted octanol–water partition coefficient (Wildman–Crippen LogP) is 2.88. The van der Waals surface area contributed by atoms with E-state index in [0.29, 0.717) is 0 Å². The third kappa shape index (κ3) is 2.35. The molecule has 0 unspecified atom stereocenters. The van der Waals surface area contributed by atoms with Crippen molar-refractivity contribution in [2.75, 3.05) is 0 Å². The maximum atomic E-state index is 4.26. The van der Waals surface area contributed by atoms with E-state index in [9.17, 15) is 0 Å². The van der Waals surface area contributed by atoms with E-state index in [1.54, 1.807) is 0 Å². The smallest absolute Gasteiger partial charge is 0.143 e. The molecule has 4 heteroatoms. The molecule has 0 amide bonds. The lowest BCUT2D eigenvalue weighted by molar-refractivity contribution is 0.490. The van der Waals surface area contributed by atoms with Crippen LogP contribution in [0.4, 0.5) is 0 Å². The van der Waals surface area contributed by atoms with Gasteiger partial charge in [-0.05, 0) is 6.42 Å². The van der Waals surface area contributed by atoms with Crippen LogP contribution in [0, 0.1) is 0 Å². The summed E-state index contributed by atoms with van der Waals surface area (Å²) in [7, 11) is 0. The zero-order valence-electron chi connectivity index (χ0n) is 9.34. The highest BCUT2D eigenvalue weighted by Crippen LogP contribution is 2.22. The molecule has 0 aliphatic rings.